The predicted octanol–water partition coefficient (Wildman–Crippen LogP) is 4.29. The normalized spacial score (nSPS) is 14.3. The molecule has 1 aromatic heterocycles. The maximum absolute atomic E-state index is 9.40. The van der Waals surface area contributed by atoms with E-state index in [9.17, 15) is 5.26 Å². The first-order chi connectivity index (χ1) is 8.72. The van der Waals surface area contributed by atoms with Crippen LogP contribution in [-0.2, 0) is 12.8 Å². The van der Waals surface area contributed by atoms with Gasteiger partial charge in [0.2, 0.25) is 0 Å². The van der Waals surface area contributed by atoms with E-state index in [1.54, 1.807) is 6.07 Å². The molecule has 0 atom stereocenters. The van der Waals surface area contributed by atoms with Gasteiger partial charge >= 0.3 is 0 Å². The van der Waals surface area contributed by atoms with E-state index in [-0.39, 0.29) is 0 Å². The third kappa shape index (κ3) is 1.67. The summed E-state index contributed by atoms with van der Waals surface area (Å²) in [6.07, 6.45) is 4.09. The molecule has 2 aromatic rings. The molecular weight excluding hydrogens is 267 g/mol. The molecule has 2 nitrogen and oxygen atoms in total. The van der Waals surface area contributed by atoms with E-state index >= 15 is 0 Å². The molecule has 0 fully saturated rings. The van der Waals surface area contributed by atoms with Crippen LogP contribution in [-0.4, -0.2) is 4.98 Å². The van der Waals surface area contributed by atoms with E-state index in [4.69, 9.17) is 23.2 Å². The Hall–Kier alpha value is -1.30. The van der Waals surface area contributed by atoms with Crippen LogP contribution in [0.5, 0.6) is 0 Å². The smallest absolute Gasteiger partial charge is 0.100 e. The van der Waals surface area contributed by atoms with Gasteiger partial charge in [0.25, 0.3) is 0 Å². The Morgan fingerprint density at radius 3 is 2.72 bits per heavy atom. The maximum Gasteiger partial charge on any atom is 0.100 e. The van der Waals surface area contributed by atoms with Crippen LogP contribution in [0.4, 0.5) is 0 Å². The number of aryl methyl sites for hydroxylation is 1. The zero-order valence-corrected chi connectivity index (χ0v) is 11.1. The molecule has 1 aliphatic carbocycles. The molecule has 0 saturated carbocycles. The highest BCUT2D eigenvalue weighted by atomic mass is 35.5. The minimum Gasteiger partial charge on any atom is -0.251 e. The number of rotatable bonds is 0. The Labute approximate surface area is 115 Å². The fourth-order valence-corrected chi connectivity index (χ4v) is 2.92. The zero-order valence-electron chi connectivity index (χ0n) is 9.63. The zero-order chi connectivity index (χ0) is 12.7. The molecule has 0 radical (unpaired) electrons. The van der Waals surface area contributed by atoms with Crippen molar-refractivity contribution in [1.82, 2.24) is 4.98 Å². The molecule has 0 unspecified atom stereocenters. The van der Waals surface area contributed by atoms with Crippen LogP contribution >= 0.6 is 23.2 Å². The summed E-state index contributed by atoms with van der Waals surface area (Å²) >= 11 is 12.2. The number of benzene rings is 1. The number of fused-ring (bicyclic) bond motifs is 2. The lowest BCUT2D eigenvalue weighted by Crippen LogP contribution is -2.08. The van der Waals surface area contributed by atoms with Crippen molar-refractivity contribution in [2.24, 2.45) is 0 Å². The summed E-state index contributed by atoms with van der Waals surface area (Å²) < 4.78 is 0. The van der Waals surface area contributed by atoms with Gasteiger partial charge in [0.05, 0.1) is 21.1 Å². The molecular formula is C14H10Cl2N2. The fraction of sp³-hybridized carbons (Fsp3) is 0.286. The minimum absolute atomic E-state index is 0.444. The minimum atomic E-state index is 0.444. The Bertz CT molecular complexity index is 686. The molecule has 0 bridgehead atoms. The van der Waals surface area contributed by atoms with Crippen LogP contribution in [0.25, 0.3) is 10.9 Å². The predicted molar refractivity (Wildman–Crippen MR) is 73.1 cm³/mol. The molecule has 0 saturated heterocycles. The number of nitriles is 1. The second-order valence-electron chi connectivity index (χ2n) is 4.49. The fourth-order valence-electron chi connectivity index (χ4n) is 2.56. The lowest BCUT2D eigenvalue weighted by Gasteiger charge is -2.18. The molecule has 3 rings (SSSR count). The van der Waals surface area contributed by atoms with E-state index in [0.717, 1.165) is 42.3 Å². The maximum atomic E-state index is 9.40. The van der Waals surface area contributed by atoms with Crippen LogP contribution in [0.2, 0.25) is 10.0 Å². The molecule has 0 aliphatic heterocycles. The number of hydrogen-bond donors (Lipinski definition) is 0. The number of nitrogens with zero attached hydrogens (tertiary/aromatic N) is 2. The van der Waals surface area contributed by atoms with E-state index < -0.39 is 0 Å². The summed E-state index contributed by atoms with van der Waals surface area (Å²) in [4.78, 5) is 4.62. The van der Waals surface area contributed by atoms with Crippen LogP contribution in [0.3, 0.4) is 0 Å². The van der Waals surface area contributed by atoms with Gasteiger partial charge in [-0.25, -0.2) is 0 Å². The molecule has 1 heterocycles. The van der Waals surface area contributed by atoms with Gasteiger partial charge in [-0.15, -0.1) is 0 Å². The first-order valence-electron chi connectivity index (χ1n) is 5.92. The van der Waals surface area contributed by atoms with Crippen LogP contribution in [0.15, 0.2) is 12.1 Å². The summed E-state index contributed by atoms with van der Waals surface area (Å²) in [5.41, 5.74) is 3.47. The lowest BCUT2D eigenvalue weighted by molar-refractivity contribution is 0.670. The average molecular weight is 277 g/mol. The monoisotopic (exact) mass is 276 g/mol. The van der Waals surface area contributed by atoms with E-state index in [0.29, 0.717) is 21.1 Å². The molecule has 4 heteroatoms. The van der Waals surface area contributed by atoms with Crippen molar-refractivity contribution in [2.75, 3.05) is 0 Å². The summed E-state index contributed by atoms with van der Waals surface area (Å²) in [6.45, 7) is 0. The second-order valence-corrected chi connectivity index (χ2v) is 5.27. The Balaban J connectivity index is 2.45. The quantitative estimate of drug-likeness (QED) is 0.720. The van der Waals surface area contributed by atoms with Gasteiger partial charge in [-0.05, 0) is 43.4 Å². The Kier molecular flexibility index (Phi) is 2.89. The van der Waals surface area contributed by atoms with Gasteiger partial charge in [0.15, 0.2) is 0 Å². The average Bonchev–Trinajstić information content (AvgIpc) is 2.41. The van der Waals surface area contributed by atoms with Crippen molar-refractivity contribution in [3.63, 3.8) is 0 Å². The molecule has 18 heavy (non-hydrogen) atoms. The third-order valence-corrected chi connectivity index (χ3v) is 4.23. The van der Waals surface area contributed by atoms with Gasteiger partial charge in [0, 0.05) is 11.1 Å². The lowest BCUT2D eigenvalue weighted by atomic mass is 9.90. The Morgan fingerprint density at radius 1 is 1.17 bits per heavy atom. The first-order valence-corrected chi connectivity index (χ1v) is 6.67. The number of aromatic nitrogens is 1. The standard InChI is InChI=1S/C14H10Cl2N2/c15-11-6-5-9-10(7-17)8-3-1-2-4-12(8)18-14(9)13(11)16/h5-6H,1-4H2. The highest BCUT2D eigenvalue weighted by molar-refractivity contribution is 6.45. The van der Waals surface area contributed by atoms with Crippen LogP contribution < -0.4 is 0 Å². The van der Waals surface area contributed by atoms with Gasteiger partial charge in [0.1, 0.15) is 6.07 Å². The number of pyridine rings is 1. The summed E-state index contributed by atoms with van der Waals surface area (Å²) in [7, 11) is 0. The number of halogens is 2. The van der Waals surface area contributed by atoms with Gasteiger partial charge in [-0.1, -0.05) is 23.2 Å². The van der Waals surface area contributed by atoms with Crippen LogP contribution in [0, 0.1) is 11.3 Å². The van der Waals surface area contributed by atoms with Crippen molar-refractivity contribution in [3.05, 3.63) is 39.0 Å². The highest BCUT2D eigenvalue weighted by Gasteiger charge is 2.19. The van der Waals surface area contributed by atoms with Crippen molar-refractivity contribution < 1.29 is 0 Å². The van der Waals surface area contributed by atoms with Crippen molar-refractivity contribution in [1.29, 1.82) is 5.26 Å². The van der Waals surface area contributed by atoms with E-state index in [1.165, 1.54) is 0 Å². The topological polar surface area (TPSA) is 36.7 Å². The third-order valence-electron chi connectivity index (χ3n) is 3.44. The largest absolute Gasteiger partial charge is 0.251 e. The Morgan fingerprint density at radius 2 is 1.94 bits per heavy atom. The molecule has 0 amide bonds. The van der Waals surface area contributed by atoms with E-state index in [2.05, 4.69) is 11.1 Å². The van der Waals surface area contributed by atoms with Crippen LogP contribution in [0.1, 0.15) is 29.7 Å². The summed E-state index contributed by atoms with van der Waals surface area (Å²) in [6, 6.07) is 5.87. The van der Waals surface area contributed by atoms with Gasteiger partial charge in [-0.2, -0.15) is 5.26 Å². The van der Waals surface area contributed by atoms with Crippen molar-refractivity contribution in [3.8, 4) is 6.07 Å². The highest BCUT2D eigenvalue weighted by Crippen LogP contribution is 2.35. The summed E-state index contributed by atoms with van der Waals surface area (Å²) in [5, 5.41) is 11.1. The molecule has 1 aliphatic rings. The first kappa shape index (κ1) is 11.8. The summed E-state index contributed by atoms with van der Waals surface area (Å²) in [5.74, 6) is 0. The molecule has 90 valence electrons. The van der Waals surface area contributed by atoms with Gasteiger partial charge < -0.3 is 0 Å². The van der Waals surface area contributed by atoms with Gasteiger partial charge in [-0.3, -0.25) is 4.98 Å². The SMILES string of the molecule is N#Cc1c2c(nc3c(Cl)c(Cl)ccc13)CCCC2. The molecule has 1 aromatic carbocycles. The van der Waals surface area contributed by atoms with E-state index in [1.807, 2.05) is 6.07 Å². The molecule has 0 spiro atoms. The number of hydrogen-bond acceptors (Lipinski definition) is 2. The molecule has 0 N–H and O–H groups in total. The second kappa shape index (κ2) is 4.42. The van der Waals surface area contributed by atoms with Crippen molar-refractivity contribution in [2.45, 2.75) is 25.7 Å². The van der Waals surface area contributed by atoms with Crippen molar-refractivity contribution >= 4 is 34.1 Å².